The molecule has 2 aromatic heterocycles. The molecule has 0 aliphatic heterocycles. The predicted molar refractivity (Wildman–Crippen MR) is 233 cm³/mol. The minimum atomic E-state index is -0.925. The van der Waals surface area contributed by atoms with Gasteiger partial charge >= 0.3 is 5.97 Å². The van der Waals surface area contributed by atoms with Crippen molar-refractivity contribution >= 4 is 29.3 Å². The van der Waals surface area contributed by atoms with Gasteiger partial charge in [0.15, 0.2) is 0 Å². The number of nitrogens with one attached hydrogen (secondary N) is 1. The number of imidazole rings is 1. The standard InChI is InChI=1S/C48H42FN5O5.CH3NO/c1-58-26-25-54-44-22-21-39(47(55)51-24-23-34-9-7-32(8-10-34)5-6-33-11-18-38(19-12-33)48(56)57)29-43(44)52-45(54)28-35-13-16-37(17-14-35)42-3-2-4-46(53-42)59-31-40-20-15-36(30-50)27-41(40)49;2-1-3/h2-4,7-22,27,29H,5-6,23-26,28,31H2,1H3,(H,51,55)(H,56,57);1H,(H2,2,3). The summed E-state index contributed by atoms with van der Waals surface area (Å²) in [6.07, 6.45) is 3.17. The Hall–Kier alpha value is -7.69. The number of rotatable bonds is 17. The van der Waals surface area contributed by atoms with Crippen LogP contribution in [0.5, 0.6) is 5.88 Å². The van der Waals surface area contributed by atoms with E-state index < -0.39 is 11.8 Å². The Kier molecular flexibility index (Phi) is 15.2. The number of carboxylic acids is 1. The maximum absolute atomic E-state index is 14.4. The van der Waals surface area contributed by atoms with Crippen LogP contribution in [0, 0.1) is 17.1 Å². The number of hydrogen-bond donors (Lipinski definition) is 3. The first-order chi connectivity index (χ1) is 30.2. The Labute approximate surface area is 358 Å². The number of carbonyl (C=O) groups is 3. The average Bonchev–Trinajstić information content (AvgIpc) is 3.63. The van der Waals surface area contributed by atoms with E-state index >= 15 is 0 Å². The number of nitriles is 1. The third-order valence-corrected chi connectivity index (χ3v) is 10.1. The van der Waals surface area contributed by atoms with Crippen molar-refractivity contribution < 1.29 is 33.4 Å². The second kappa shape index (κ2) is 21.5. The molecule has 0 atom stereocenters. The van der Waals surface area contributed by atoms with Gasteiger partial charge in [0.2, 0.25) is 12.3 Å². The first kappa shape index (κ1) is 43.9. The second-order valence-electron chi connectivity index (χ2n) is 14.3. The molecule has 12 nitrogen and oxygen atoms in total. The summed E-state index contributed by atoms with van der Waals surface area (Å²) in [4.78, 5) is 42.5. The number of nitrogens with two attached hydrogens (primary N) is 1. The number of nitrogens with zero attached hydrogens (tertiary/aromatic N) is 4. The fraction of sp³-hybridized carbons (Fsp3) is 0.184. The number of carbonyl (C=O) groups excluding carboxylic acids is 2. The topological polar surface area (TPSA) is 182 Å². The molecule has 2 heterocycles. The minimum absolute atomic E-state index is 0.0156. The molecule has 0 bridgehead atoms. The summed E-state index contributed by atoms with van der Waals surface area (Å²) in [6, 6.07) is 40.7. The van der Waals surface area contributed by atoms with E-state index in [2.05, 4.69) is 44.9 Å². The van der Waals surface area contributed by atoms with Gasteiger partial charge in [-0.3, -0.25) is 9.59 Å². The predicted octanol–water partition coefficient (Wildman–Crippen LogP) is 7.48. The van der Waals surface area contributed by atoms with Gasteiger partial charge < -0.3 is 30.2 Å². The number of benzene rings is 5. The van der Waals surface area contributed by atoms with Crippen molar-refractivity contribution in [1.29, 1.82) is 5.26 Å². The van der Waals surface area contributed by atoms with Gasteiger partial charge in [0.25, 0.3) is 5.91 Å². The van der Waals surface area contributed by atoms with Gasteiger partial charge in [-0.05, 0) is 90.0 Å². The molecule has 0 unspecified atom stereocenters. The maximum atomic E-state index is 14.4. The van der Waals surface area contributed by atoms with E-state index in [1.54, 1.807) is 37.4 Å². The van der Waals surface area contributed by atoms with E-state index in [0.29, 0.717) is 55.2 Å². The molecule has 0 radical (unpaired) electrons. The van der Waals surface area contributed by atoms with Crippen molar-refractivity contribution in [2.24, 2.45) is 5.73 Å². The lowest BCUT2D eigenvalue weighted by Gasteiger charge is -2.10. The highest BCUT2D eigenvalue weighted by Gasteiger charge is 2.15. The molecular weight excluding hydrogens is 788 g/mol. The number of aromatic nitrogens is 3. The first-order valence-corrected chi connectivity index (χ1v) is 19.9. The van der Waals surface area contributed by atoms with E-state index in [9.17, 15) is 14.0 Å². The molecule has 0 fully saturated rings. The summed E-state index contributed by atoms with van der Waals surface area (Å²) in [7, 11) is 1.67. The molecule has 0 aliphatic carbocycles. The van der Waals surface area contributed by atoms with E-state index in [1.807, 2.05) is 72.8 Å². The molecular formula is C49H45FN6O6. The Morgan fingerprint density at radius 1 is 0.839 bits per heavy atom. The van der Waals surface area contributed by atoms with Crippen LogP contribution in [0.25, 0.3) is 22.3 Å². The molecule has 7 rings (SSSR count). The van der Waals surface area contributed by atoms with Crippen molar-refractivity contribution in [3.63, 3.8) is 0 Å². The summed E-state index contributed by atoms with van der Waals surface area (Å²) in [6.45, 7) is 1.58. The molecule has 0 spiro atoms. The monoisotopic (exact) mass is 832 g/mol. The first-order valence-electron chi connectivity index (χ1n) is 19.9. The number of ether oxygens (including phenoxy) is 2. The second-order valence-corrected chi connectivity index (χ2v) is 14.3. The van der Waals surface area contributed by atoms with Crippen molar-refractivity contribution in [2.45, 2.75) is 38.8 Å². The summed E-state index contributed by atoms with van der Waals surface area (Å²) in [5.41, 5.74) is 13.3. The molecule has 2 amide bonds. The summed E-state index contributed by atoms with van der Waals surface area (Å²) in [5.74, 6) is -0.373. The van der Waals surface area contributed by atoms with Crippen LogP contribution < -0.4 is 15.8 Å². The number of halogens is 1. The highest BCUT2D eigenvalue weighted by Crippen LogP contribution is 2.25. The number of methoxy groups -OCH3 is 1. The van der Waals surface area contributed by atoms with Crippen molar-refractivity contribution in [3.05, 3.63) is 184 Å². The molecule has 5 aromatic carbocycles. The fourth-order valence-electron chi connectivity index (χ4n) is 6.80. The molecule has 0 saturated heterocycles. The number of amides is 2. The summed E-state index contributed by atoms with van der Waals surface area (Å²) < 4.78 is 27.7. The Bertz CT molecular complexity index is 2680. The van der Waals surface area contributed by atoms with Crippen LogP contribution in [0.15, 0.2) is 127 Å². The lowest BCUT2D eigenvalue weighted by atomic mass is 10.0. The lowest BCUT2D eigenvalue weighted by molar-refractivity contribution is -0.106. The highest BCUT2D eigenvalue weighted by molar-refractivity contribution is 5.97. The molecule has 314 valence electrons. The number of carboxylic acid groups (broad SMARTS) is 1. The number of primary amides is 1. The Morgan fingerprint density at radius 2 is 1.48 bits per heavy atom. The van der Waals surface area contributed by atoms with Crippen LogP contribution >= 0.6 is 0 Å². The van der Waals surface area contributed by atoms with Crippen LogP contribution in [0.1, 0.15) is 59.9 Å². The zero-order valence-electron chi connectivity index (χ0n) is 34.1. The van der Waals surface area contributed by atoms with Crippen LogP contribution in [-0.2, 0) is 48.4 Å². The van der Waals surface area contributed by atoms with Crippen LogP contribution in [0.4, 0.5) is 4.39 Å². The minimum Gasteiger partial charge on any atom is -0.478 e. The van der Waals surface area contributed by atoms with E-state index in [0.717, 1.165) is 52.0 Å². The molecule has 0 saturated carbocycles. The lowest BCUT2D eigenvalue weighted by Crippen LogP contribution is -2.25. The number of aromatic carboxylic acids is 1. The normalized spacial score (nSPS) is 10.7. The van der Waals surface area contributed by atoms with Crippen LogP contribution in [-0.4, -0.2) is 58.2 Å². The molecule has 13 heteroatoms. The van der Waals surface area contributed by atoms with Crippen molar-refractivity contribution in [1.82, 2.24) is 19.9 Å². The Balaban J connectivity index is 0.00000208. The van der Waals surface area contributed by atoms with Gasteiger partial charge in [0.05, 0.1) is 40.5 Å². The molecule has 62 heavy (non-hydrogen) atoms. The number of pyridine rings is 1. The average molecular weight is 833 g/mol. The summed E-state index contributed by atoms with van der Waals surface area (Å²) in [5, 5.41) is 21.1. The van der Waals surface area contributed by atoms with Gasteiger partial charge in [0.1, 0.15) is 18.2 Å². The number of aryl methyl sites for hydroxylation is 2. The number of fused-ring (bicyclic) bond motifs is 1. The zero-order chi connectivity index (χ0) is 43.8. The molecule has 4 N–H and O–H groups in total. The van der Waals surface area contributed by atoms with Gasteiger partial charge in [0, 0.05) is 49.4 Å². The molecule has 0 aliphatic rings. The zero-order valence-corrected chi connectivity index (χ0v) is 34.1. The third kappa shape index (κ3) is 11.7. The number of hydrogen-bond acceptors (Lipinski definition) is 8. The fourth-order valence-corrected chi connectivity index (χ4v) is 6.80. The van der Waals surface area contributed by atoms with Crippen LogP contribution in [0.3, 0.4) is 0 Å². The Morgan fingerprint density at radius 3 is 2.13 bits per heavy atom. The van der Waals surface area contributed by atoms with Gasteiger partial charge in [-0.2, -0.15) is 5.26 Å². The maximum Gasteiger partial charge on any atom is 0.335 e. The van der Waals surface area contributed by atoms with Gasteiger partial charge in [-0.1, -0.05) is 72.8 Å². The van der Waals surface area contributed by atoms with Crippen molar-refractivity contribution in [3.8, 4) is 23.2 Å². The summed E-state index contributed by atoms with van der Waals surface area (Å²) >= 11 is 0. The van der Waals surface area contributed by atoms with E-state index in [4.69, 9.17) is 29.6 Å². The van der Waals surface area contributed by atoms with E-state index in [1.165, 1.54) is 11.6 Å². The van der Waals surface area contributed by atoms with Crippen molar-refractivity contribution in [2.75, 3.05) is 20.3 Å². The van der Waals surface area contributed by atoms with Gasteiger partial charge in [-0.15, -0.1) is 0 Å². The van der Waals surface area contributed by atoms with E-state index in [-0.39, 0.29) is 30.1 Å². The SMILES string of the molecule is COCCn1c(Cc2ccc(-c3cccc(OCc4ccc(C#N)cc4F)n3)cc2)nc2cc(C(=O)NCCc3ccc(CCc4ccc(C(=O)O)cc4)cc3)ccc21.NC=O. The highest BCUT2D eigenvalue weighted by atomic mass is 19.1. The van der Waals surface area contributed by atoms with Crippen LogP contribution in [0.2, 0.25) is 0 Å². The van der Waals surface area contributed by atoms with Gasteiger partial charge in [-0.25, -0.2) is 19.2 Å². The quantitative estimate of drug-likeness (QED) is 0.0784. The molecule has 7 aromatic rings. The smallest absolute Gasteiger partial charge is 0.335 e. The largest absolute Gasteiger partial charge is 0.478 e. The third-order valence-electron chi connectivity index (χ3n) is 10.1.